The largest absolute Gasteiger partial charge is 0.444 e. The van der Waals surface area contributed by atoms with Crippen molar-refractivity contribution in [1.29, 1.82) is 5.26 Å². The number of carbonyl (C=O) groups is 1. The molecule has 5 nitrogen and oxygen atoms in total. The highest BCUT2D eigenvalue weighted by molar-refractivity contribution is 5.69. The minimum absolute atomic E-state index is 0.0856. The molecule has 0 spiro atoms. The van der Waals surface area contributed by atoms with E-state index in [9.17, 15) is 15.2 Å². The van der Waals surface area contributed by atoms with Crippen LogP contribution in [0.25, 0.3) is 0 Å². The standard InChI is InChI=1S/C16H20N2O3/c1-16(2,3)21-15(20)18-5-4-12-6-11(10-19)7-13(8-17)14(12)9-18/h6-7,19H,4-5,9-10H2,1-3H3. The Hall–Kier alpha value is -2.06. The van der Waals surface area contributed by atoms with Gasteiger partial charge >= 0.3 is 6.09 Å². The zero-order chi connectivity index (χ0) is 15.6. The van der Waals surface area contributed by atoms with Gasteiger partial charge in [0.25, 0.3) is 0 Å². The second-order valence-electron chi connectivity index (χ2n) is 6.20. The van der Waals surface area contributed by atoms with Crippen molar-refractivity contribution in [1.82, 2.24) is 4.90 Å². The van der Waals surface area contributed by atoms with Crippen LogP contribution >= 0.6 is 0 Å². The molecular weight excluding hydrogens is 268 g/mol. The lowest BCUT2D eigenvalue weighted by atomic mass is 9.93. The van der Waals surface area contributed by atoms with E-state index in [4.69, 9.17) is 4.74 Å². The summed E-state index contributed by atoms with van der Waals surface area (Å²) in [6, 6.07) is 5.73. The summed E-state index contributed by atoms with van der Waals surface area (Å²) in [7, 11) is 0. The number of hydrogen-bond acceptors (Lipinski definition) is 4. The summed E-state index contributed by atoms with van der Waals surface area (Å²) < 4.78 is 5.37. The normalized spacial score (nSPS) is 14.3. The van der Waals surface area contributed by atoms with Gasteiger partial charge in [-0.3, -0.25) is 0 Å². The van der Waals surface area contributed by atoms with Crippen molar-refractivity contribution in [3.05, 3.63) is 34.4 Å². The highest BCUT2D eigenvalue weighted by Gasteiger charge is 2.27. The number of aliphatic hydroxyl groups is 1. The molecule has 1 aliphatic heterocycles. The van der Waals surface area contributed by atoms with Gasteiger partial charge < -0.3 is 14.7 Å². The lowest BCUT2D eigenvalue weighted by Crippen LogP contribution is -2.40. The van der Waals surface area contributed by atoms with E-state index in [2.05, 4.69) is 6.07 Å². The summed E-state index contributed by atoms with van der Waals surface area (Å²) in [5, 5.41) is 18.5. The Kier molecular flexibility index (Phi) is 4.19. The van der Waals surface area contributed by atoms with E-state index in [-0.39, 0.29) is 12.7 Å². The van der Waals surface area contributed by atoms with Gasteiger partial charge in [0.1, 0.15) is 5.60 Å². The lowest BCUT2D eigenvalue weighted by Gasteiger charge is -2.31. The molecule has 112 valence electrons. The monoisotopic (exact) mass is 288 g/mol. The first-order chi connectivity index (χ1) is 9.84. The third-order valence-corrected chi connectivity index (χ3v) is 3.36. The number of aliphatic hydroxyl groups excluding tert-OH is 1. The van der Waals surface area contributed by atoms with E-state index >= 15 is 0 Å². The first-order valence-electron chi connectivity index (χ1n) is 6.97. The molecule has 1 aromatic carbocycles. The Labute approximate surface area is 124 Å². The Morgan fingerprint density at radius 1 is 1.48 bits per heavy atom. The molecule has 0 saturated heterocycles. The molecule has 0 aromatic heterocycles. The number of hydrogen-bond donors (Lipinski definition) is 1. The van der Waals surface area contributed by atoms with Crippen molar-refractivity contribution in [2.24, 2.45) is 0 Å². The molecule has 1 heterocycles. The minimum Gasteiger partial charge on any atom is -0.444 e. The Bertz CT molecular complexity index is 597. The van der Waals surface area contributed by atoms with Crippen molar-refractivity contribution in [2.45, 2.75) is 45.9 Å². The summed E-state index contributed by atoms with van der Waals surface area (Å²) in [5.41, 5.74) is 2.60. The van der Waals surface area contributed by atoms with Gasteiger partial charge in [0, 0.05) is 6.54 Å². The second kappa shape index (κ2) is 5.74. The zero-order valence-electron chi connectivity index (χ0n) is 12.6. The third-order valence-electron chi connectivity index (χ3n) is 3.36. The quantitative estimate of drug-likeness (QED) is 0.860. The van der Waals surface area contributed by atoms with Gasteiger partial charge in [-0.1, -0.05) is 6.07 Å². The van der Waals surface area contributed by atoms with Gasteiger partial charge in [0.15, 0.2) is 0 Å². The maximum Gasteiger partial charge on any atom is 0.410 e. The zero-order valence-corrected chi connectivity index (χ0v) is 12.6. The first kappa shape index (κ1) is 15.3. The summed E-state index contributed by atoms with van der Waals surface area (Å²) >= 11 is 0. The molecule has 21 heavy (non-hydrogen) atoms. The fourth-order valence-electron chi connectivity index (χ4n) is 2.41. The van der Waals surface area contributed by atoms with E-state index in [1.54, 1.807) is 11.0 Å². The average molecular weight is 288 g/mol. The SMILES string of the molecule is CC(C)(C)OC(=O)N1CCc2cc(CO)cc(C#N)c2C1. The van der Waals surface area contributed by atoms with Crippen molar-refractivity contribution in [3.8, 4) is 6.07 Å². The maximum absolute atomic E-state index is 12.1. The van der Waals surface area contributed by atoms with Gasteiger partial charge in [0.2, 0.25) is 0 Å². The van der Waals surface area contributed by atoms with Gasteiger partial charge in [-0.15, -0.1) is 0 Å². The van der Waals surface area contributed by atoms with Crippen LogP contribution in [0.4, 0.5) is 4.79 Å². The summed E-state index contributed by atoms with van der Waals surface area (Å²) in [6.07, 6.45) is 0.306. The van der Waals surface area contributed by atoms with Gasteiger partial charge in [-0.2, -0.15) is 5.26 Å². The number of amides is 1. The number of rotatable bonds is 1. The van der Waals surface area contributed by atoms with E-state index in [1.807, 2.05) is 26.8 Å². The molecule has 0 unspecified atom stereocenters. The van der Waals surface area contributed by atoms with Crippen molar-refractivity contribution < 1.29 is 14.6 Å². The fourth-order valence-corrected chi connectivity index (χ4v) is 2.41. The van der Waals surface area contributed by atoms with E-state index < -0.39 is 5.60 Å². The van der Waals surface area contributed by atoms with Crippen LogP contribution in [0, 0.1) is 11.3 Å². The van der Waals surface area contributed by atoms with E-state index in [1.165, 1.54) is 0 Å². The molecule has 0 saturated carbocycles. The Balaban J connectivity index is 2.24. The highest BCUT2D eigenvalue weighted by atomic mass is 16.6. The number of nitrogens with zero attached hydrogens (tertiary/aromatic N) is 2. The smallest absolute Gasteiger partial charge is 0.410 e. The summed E-state index contributed by atoms with van der Waals surface area (Å²) in [5.74, 6) is 0. The fraction of sp³-hybridized carbons (Fsp3) is 0.500. The maximum atomic E-state index is 12.1. The van der Waals surface area contributed by atoms with Crippen molar-refractivity contribution in [3.63, 3.8) is 0 Å². The number of ether oxygens (including phenoxy) is 1. The highest BCUT2D eigenvalue weighted by Crippen LogP contribution is 2.25. The minimum atomic E-state index is -0.532. The third kappa shape index (κ3) is 3.53. The van der Waals surface area contributed by atoms with Crippen molar-refractivity contribution >= 4 is 6.09 Å². The second-order valence-corrected chi connectivity index (χ2v) is 6.20. The van der Waals surface area contributed by atoms with Crippen LogP contribution in [0.3, 0.4) is 0 Å². The van der Waals surface area contributed by atoms with Gasteiger partial charge in [-0.05, 0) is 49.9 Å². The van der Waals surface area contributed by atoms with Crippen molar-refractivity contribution in [2.75, 3.05) is 6.54 Å². The molecule has 1 amide bonds. The number of fused-ring (bicyclic) bond motifs is 1. The molecule has 1 N–H and O–H groups in total. The Morgan fingerprint density at radius 3 is 2.76 bits per heavy atom. The molecule has 0 bridgehead atoms. The van der Waals surface area contributed by atoms with Gasteiger partial charge in [-0.25, -0.2) is 4.79 Å². The molecule has 0 atom stereocenters. The van der Waals surface area contributed by atoms with Crippen LogP contribution in [-0.4, -0.2) is 28.2 Å². The molecule has 0 radical (unpaired) electrons. The number of nitriles is 1. The van der Waals surface area contributed by atoms with Crippen LogP contribution < -0.4 is 0 Å². The topological polar surface area (TPSA) is 73.6 Å². The average Bonchev–Trinajstić information content (AvgIpc) is 2.43. The Morgan fingerprint density at radius 2 is 2.19 bits per heavy atom. The van der Waals surface area contributed by atoms with Crippen LogP contribution in [0.1, 0.15) is 43.0 Å². The summed E-state index contributed by atoms with van der Waals surface area (Å²) in [4.78, 5) is 13.7. The number of benzene rings is 1. The molecular formula is C16H20N2O3. The van der Waals surface area contributed by atoms with Crippen LogP contribution in [-0.2, 0) is 24.3 Å². The predicted molar refractivity (Wildman–Crippen MR) is 77.4 cm³/mol. The molecule has 1 aromatic rings. The molecule has 0 aliphatic carbocycles. The molecule has 2 rings (SSSR count). The molecule has 5 heteroatoms. The lowest BCUT2D eigenvalue weighted by molar-refractivity contribution is 0.0224. The van der Waals surface area contributed by atoms with E-state index in [0.29, 0.717) is 25.1 Å². The van der Waals surface area contributed by atoms with Crippen LogP contribution in [0.15, 0.2) is 12.1 Å². The first-order valence-corrected chi connectivity index (χ1v) is 6.97. The predicted octanol–water partition coefficient (Wildman–Crippen LogP) is 2.34. The van der Waals surface area contributed by atoms with Crippen LogP contribution in [0.2, 0.25) is 0 Å². The van der Waals surface area contributed by atoms with Crippen LogP contribution in [0.5, 0.6) is 0 Å². The molecule has 1 aliphatic rings. The van der Waals surface area contributed by atoms with E-state index in [0.717, 1.165) is 16.7 Å². The summed E-state index contributed by atoms with van der Waals surface area (Å²) in [6.45, 7) is 6.34. The molecule has 0 fully saturated rings. The van der Waals surface area contributed by atoms with Gasteiger partial charge in [0.05, 0.1) is 24.8 Å². The number of carbonyl (C=O) groups excluding carboxylic acids is 1.